The van der Waals surface area contributed by atoms with Gasteiger partial charge in [-0.25, -0.2) is 0 Å². The fraction of sp³-hybridized carbons (Fsp3) is 0. The van der Waals surface area contributed by atoms with Gasteiger partial charge in [0.05, 0.1) is 6.07 Å². The molecule has 15 heavy (non-hydrogen) atoms. The monoisotopic (exact) mass is 192 g/mol. The molecule has 0 unspecified atom stereocenters. The molecule has 1 heteroatoms. The van der Waals surface area contributed by atoms with E-state index in [9.17, 15) is 0 Å². The molecule has 0 aliphatic rings. The van der Waals surface area contributed by atoms with Gasteiger partial charge in [-0.05, 0) is 11.1 Å². The highest BCUT2D eigenvalue weighted by atomic mass is 14.3. The molecule has 0 N–H and O–H groups in total. The Kier molecular flexibility index (Phi) is 2.80. The minimum atomic E-state index is 0.719. The van der Waals surface area contributed by atoms with Crippen LogP contribution in [0.3, 0.4) is 0 Å². The third-order valence-electron chi connectivity index (χ3n) is 2.24. The van der Waals surface area contributed by atoms with E-state index >= 15 is 0 Å². The maximum atomic E-state index is 9.15. The Bertz CT molecular complexity index is 414. The van der Waals surface area contributed by atoms with E-state index in [1.165, 1.54) is 0 Å². The van der Waals surface area contributed by atoms with Gasteiger partial charge in [-0.1, -0.05) is 60.7 Å². The molecule has 0 bridgehead atoms. The molecule has 0 saturated carbocycles. The zero-order valence-electron chi connectivity index (χ0n) is 8.22. The van der Waals surface area contributed by atoms with Crippen molar-refractivity contribution in [2.75, 3.05) is 0 Å². The third-order valence-corrected chi connectivity index (χ3v) is 2.24. The fourth-order valence-corrected chi connectivity index (χ4v) is 1.51. The van der Waals surface area contributed by atoms with Crippen LogP contribution in [0.4, 0.5) is 0 Å². The van der Waals surface area contributed by atoms with E-state index in [2.05, 4.69) is 6.07 Å². The standard InChI is InChI=1S/C14H10N/c15-11-14(12-7-3-1-4-8-12)13-9-5-2-6-10-13/h1-10H. The zero-order valence-corrected chi connectivity index (χ0v) is 8.22. The molecule has 0 saturated heterocycles. The summed E-state index contributed by atoms with van der Waals surface area (Å²) in [5, 5.41) is 9.15. The summed E-state index contributed by atoms with van der Waals surface area (Å²) in [6, 6.07) is 21.7. The van der Waals surface area contributed by atoms with Crippen molar-refractivity contribution >= 4 is 0 Å². The highest BCUT2D eigenvalue weighted by Gasteiger charge is 2.12. The van der Waals surface area contributed by atoms with Crippen LogP contribution in [0.2, 0.25) is 0 Å². The summed E-state index contributed by atoms with van der Waals surface area (Å²) in [5.41, 5.74) is 1.93. The molecule has 0 aliphatic heterocycles. The number of benzene rings is 2. The van der Waals surface area contributed by atoms with Gasteiger partial charge in [-0.15, -0.1) is 0 Å². The first kappa shape index (κ1) is 9.48. The Morgan fingerprint density at radius 3 is 1.47 bits per heavy atom. The molecule has 2 rings (SSSR count). The minimum absolute atomic E-state index is 0.719. The number of hydrogen-bond acceptors (Lipinski definition) is 1. The predicted octanol–water partition coefficient (Wildman–Crippen LogP) is 3.18. The summed E-state index contributed by atoms with van der Waals surface area (Å²) in [6.07, 6.45) is 0. The summed E-state index contributed by atoms with van der Waals surface area (Å²) in [4.78, 5) is 0. The van der Waals surface area contributed by atoms with Crippen molar-refractivity contribution in [1.82, 2.24) is 0 Å². The largest absolute Gasteiger partial charge is 0.197 e. The van der Waals surface area contributed by atoms with E-state index in [0.29, 0.717) is 0 Å². The van der Waals surface area contributed by atoms with Crippen LogP contribution < -0.4 is 0 Å². The summed E-state index contributed by atoms with van der Waals surface area (Å²) < 4.78 is 0. The van der Waals surface area contributed by atoms with Gasteiger partial charge < -0.3 is 0 Å². The van der Waals surface area contributed by atoms with Crippen LogP contribution in [0.1, 0.15) is 11.1 Å². The van der Waals surface area contributed by atoms with Crippen molar-refractivity contribution in [1.29, 1.82) is 5.26 Å². The lowest BCUT2D eigenvalue weighted by molar-refractivity contribution is 1.28. The van der Waals surface area contributed by atoms with Gasteiger partial charge in [-0.3, -0.25) is 0 Å². The summed E-state index contributed by atoms with van der Waals surface area (Å²) >= 11 is 0. The van der Waals surface area contributed by atoms with Crippen LogP contribution in [0.5, 0.6) is 0 Å². The van der Waals surface area contributed by atoms with Crippen molar-refractivity contribution in [2.24, 2.45) is 0 Å². The molecule has 1 nitrogen and oxygen atoms in total. The van der Waals surface area contributed by atoms with Crippen LogP contribution >= 0.6 is 0 Å². The average molecular weight is 192 g/mol. The number of hydrogen-bond donors (Lipinski definition) is 0. The van der Waals surface area contributed by atoms with Crippen LogP contribution in [0.15, 0.2) is 60.7 Å². The zero-order chi connectivity index (χ0) is 10.5. The summed E-state index contributed by atoms with van der Waals surface area (Å²) in [6.45, 7) is 0. The summed E-state index contributed by atoms with van der Waals surface area (Å²) in [7, 11) is 0. The normalized spacial score (nSPS) is 9.87. The van der Waals surface area contributed by atoms with E-state index in [0.717, 1.165) is 17.0 Å². The molecule has 0 spiro atoms. The topological polar surface area (TPSA) is 23.8 Å². The molecular formula is C14H10N. The van der Waals surface area contributed by atoms with Crippen LogP contribution in [0.25, 0.3) is 0 Å². The van der Waals surface area contributed by atoms with Gasteiger partial charge in [0.25, 0.3) is 0 Å². The molecule has 71 valence electrons. The molecular weight excluding hydrogens is 182 g/mol. The van der Waals surface area contributed by atoms with Crippen LogP contribution in [-0.2, 0) is 0 Å². The maximum absolute atomic E-state index is 9.15. The average Bonchev–Trinajstić information content (AvgIpc) is 2.33. The summed E-state index contributed by atoms with van der Waals surface area (Å²) in [5.74, 6) is 0.719. The van der Waals surface area contributed by atoms with Crippen molar-refractivity contribution in [2.45, 2.75) is 0 Å². The van der Waals surface area contributed by atoms with Gasteiger partial charge >= 0.3 is 0 Å². The molecule has 0 amide bonds. The molecule has 2 aromatic carbocycles. The predicted molar refractivity (Wildman–Crippen MR) is 59.9 cm³/mol. The highest BCUT2D eigenvalue weighted by Crippen LogP contribution is 2.21. The molecule has 0 fully saturated rings. The second-order valence-electron chi connectivity index (χ2n) is 3.22. The van der Waals surface area contributed by atoms with Gasteiger partial charge in [0, 0.05) is 0 Å². The Hall–Kier alpha value is -2.07. The van der Waals surface area contributed by atoms with E-state index in [-0.39, 0.29) is 0 Å². The van der Waals surface area contributed by atoms with E-state index in [4.69, 9.17) is 5.26 Å². The van der Waals surface area contributed by atoms with Crippen LogP contribution in [-0.4, -0.2) is 0 Å². The Morgan fingerprint density at radius 1 is 0.733 bits per heavy atom. The Balaban J connectivity index is 2.39. The molecule has 0 aromatic heterocycles. The molecule has 0 heterocycles. The van der Waals surface area contributed by atoms with Gasteiger partial charge in [0.1, 0.15) is 5.92 Å². The van der Waals surface area contributed by atoms with E-state index in [1.807, 2.05) is 60.7 Å². The first-order chi connectivity index (χ1) is 7.42. The lowest BCUT2D eigenvalue weighted by Crippen LogP contribution is -1.98. The minimum Gasteiger partial charge on any atom is -0.197 e. The van der Waals surface area contributed by atoms with E-state index < -0.39 is 0 Å². The van der Waals surface area contributed by atoms with Crippen molar-refractivity contribution in [3.8, 4) is 6.07 Å². The van der Waals surface area contributed by atoms with Crippen molar-refractivity contribution in [3.63, 3.8) is 0 Å². The van der Waals surface area contributed by atoms with Crippen molar-refractivity contribution in [3.05, 3.63) is 77.7 Å². The smallest absolute Gasteiger partial charge is 0.134 e. The first-order valence-corrected chi connectivity index (χ1v) is 4.79. The lowest BCUT2D eigenvalue weighted by atomic mass is 9.93. The quantitative estimate of drug-likeness (QED) is 0.716. The number of rotatable bonds is 2. The molecule has 0 atom stereocenters. The molecule has 2 aromatic rings. The second-order valence-corrected chi connectivity index (χ2v) is 3.22. The Morgan fingerprint density at radius 2 is 1.13 bits per heavy atom. The molecule has 0 aliphatic carbocycles. The van der Waals surface area contributed by atoms with Gasteiger partial charge in [0.2, 0.25) is 0 Å². The SMILES string of the molecule is N#C[C](c1ccccc1)c1ccccc1. The second kappa shape index (κ2) is 4.43. The van der Waals surface area contributed by atoms with Gasteiger partial charge in [0.15, 0.2) is 0 Å². The van der Waals surface area contributed by atoms with Crippen molar-refractivity contribution < 1.29 is 0 Å². The fourth-order valence-electron chi connectivity index (χ4n) is 1.51. The number of nitrogens with zero attached hydrogens (tertiary/aromatic N) is 1. The maximum Gasteiger partial charge on any atom is 0.134 e. The highest BCUT2D eigenvalue weighted by molar-refractivity contribution is 5.52. The molecule has 1 radical (unpaired) electrons. The van der Waals surface area contributed by atoms with E-state index in [1.54, 1.807) is 0 Å². The third kappa shape index (κ3) is 2.05. The Labute approximate surface area is 89.6 Å². The lowest BCUT2D eigenvalue weighted by Gasteiger charge is -2.07. The van der Waals surface area contributed by atoms with Gasteiger partial charge in [-0.2, -0.15) is 5.26 Å². The first-order valence-electron chi connectivity index (χ1n) is 4.79. The number of nitriles is 1. The van der Waals surface area contributed by atoms with Crippen LogP contribution in [0, 0.1) is 17.2 Å².